The maximum absolute atomic E-state index is 12.9. The molecule has 3 rings (SSSR count). The molecule has 0 saturated heterocycles. The molecule has 0 aliphatic rings. The molecule has 28 heavy (non-hydrogen) atoms. The lowest BCUT2D eigenvalue weighted by molar-refractivity contribution is -0.137. The van der Waals surface area contributed by atoms with E-state index in [0.717, 1.165) is 23.1 Å². The number of benzene rings is 3. The van der Waals surface area contributed by atoms with Gasteiger partial charge < -0.3 is 4.74 Å². The van der Waals surface area contributed by atoms with Crippen molar-refractivity contribution in [2.45, 2.75) is 19.2 Å². The monoisotopic (exact) mass is 386 g/mol. The van der Waals surface area contributed by atoms with Crippen LogP contribution < -0.4 is 10.2 Å². The second-order valence-corrected chi connectivity index (χ2v) is 6.09. The minimum absolute atomic E-state index is 0.140. The summed E-state index contributed by atoms with van der Waals surface area (Å²) in [6.07, 6.45) is -4.42. The average molecular weight is 386 g/mol. The lowest BCUT2D eigenvalue weighted by Gasteiger charge is -2.13. The molecule has 144 valence electrons. The highest BCUT2D eigenvalue weighted by Gasteiger charge is 2.32. The Morgan fingerprint density at radius 3 is 2.46 bits per heavy atom. The maximum Gasteiger partial charge on any atom is 0.417 e. The Balaban J connectivity index is 1.64. The third-order valence-corrected chi connectivity index (χ3v) is 4.05. The van der Waals surface area contributed by atoms with E-state index in [2.05, 4.69) is 10.5 Å². The number of rotatable bonds is 5. The van der Waals surface area contributed by atoms with Gasteiger partial charge in [0.15, 0.2) is 6.10 Å². The molecule has 0 aliphatic heterocycles. The van der Waals surface area contributed by atoms with Crippen LogP contribution in [0.2, 0.25) is 0 Å². The molecule has 7 heteroatoms. The van der Waals surface area contributed by atoms with Gasteiger partial charge in [-0.2, -0.15) is 18.3 Å². The van der Waals surface area contributed by atoms with Crippen LogP contribution in [0.3, 0.4) is 0 Å². The van der Waals surface area contributed by atoms with E-state index < -0.39 is 23.8 Å². The zero-order valence-electron chi connectivity index (χ0n) is 14.9. The number of hydrazone groups is 1. The number of carbonyl (C=O) groups is 1. The predicted molar refractivity (Wildman–Crippen MR) is 101 cm³/mol. The molecule has 0 bridgehead atoms. The first-order valence-electron chi connectivity index (χ1n) is 8.49. The van der Waals surface area contributed by atoms with Gasteiger partial charge in [-0.25, -0.2) is 5.43 Å². The van der Waals surface area contributed by atoms with Crippen LogP contribution >= 0.6 is 0 Å². The topological polar surface area (TPSA) is 50.7 Å². The van der Waals surface area contributed by atoms with E-state index in [0.29, 0.717) is 5.75 Å². The zero-order chi connectivity index (χ0) is 20.1. The highest BCUT2D eigenvalue weighted by atomic mass is 19.4. The molecule has 0 aromatic heterocycles. The van der Waals surface area contributed by atoms with E-state index in [4.69, 9.17) is 4.74 Å². The Morgan fingerprint density at radius 1 is 1.04 bits per heavy atom. The first-order valence-corrected chi connectivity index (χ1v) is 8.49. The molecule has 0 heterocycles. The van der Waals surface area contributed by atoms with E-state index in [1.54, 1.807) is 6.07 Å². The van der Waals surface area contributed by atoms with Gasteiger partial charge in [-0.3, -0.25) is 4.79 Å². The van der Waals surface area contributed by atoms with Gasteiger partial charge in [-0.15, -0.1) is 0 Å². The molecule has 0 unspecified atom stereocenters. The van der Waals surface area contributed by atoms with Gasteiger partial charge in [-0.05, 0) is 35.9 Å². The van der Waals surface area contributed by atoms with Crippen LogP contribution in [-0.2, 0) is 11.0 Å². The Morgan fingerprint density at radius 2 is 1.71 bits per heavy atom. The number of fused-ring (bicyclic) bond motifs is 1. The van der Waals surface area contributed by atoms with E-state index >= 15 is 0 Å². The van der Waals surface area contributed by atoms with Crippen molar-refractivity contribution < 1.29 is 22.7 Å². The van der Waals surface area contributed by atoms with Crippen molar-refractivity contribution in [2.75, 3.05) is 0 Å². The van der Waals surface area contributed by atoms with Gasteiger partial charge in [0, 0.05) is 5.56 Å². The Kier molecular flexibility index (Phi) is 5.63. The van der Waals surface area contributed by atoms with Crippen LogP contribution in [0.4, 0.5) is 13.2 Å². The molecule has 1 amide bonds. The molecule has 0 saturated carbocycles. The Bertz CT molecular complexity index is 1020. The van der Waals surface area contributed by atoms with Crippen LogP contribution in [0.5, 0.6) is 5.75 Å². The molecular formula is C21H17F3N2O2. The fourth-order valence-corrected chi connectivity index (χ4v) is 2.62. The number of carbonyl (C=O) groups excluding carboxylic acids is 1. The molecule has 4 nitrogen and oxygen atoms in total. The number of ether oxygens (including phenoxy) is 1. The van der Waals surface area contributed by atoms with Gasteiger partial charge in [0.05, 0.1) is 11.8 Å². The van der Waals surface area contributed by atoms with Gasteiger partial charge >= 0.3 is 6.18 Å². The predicted octanol–water partition coefficient (Wildman–Crippen LogP) is 4.78. The van der Waals surface area contributed by atoms with Crippen molar-refractivity contribution in [1.29, 1.82) is 0 Å². The summed E-state index contributed by atoms with van der Waals surface area (Å²) >= 11 is 0. The van der Waals surface area contributed by atoms with Crippen molar-refractivity contribution in [1.82, 2.24) is 5.43 Å². The minimum Gasteiger partial charge on any atom is -0.481 e. The van der Waals surface area contributed by atoms with Crippen molar-refractivity contribution >= 4 is 22.9 Å². The summed E-state index contributed by atoms with van der Waals surface area (Å²) < 4.78 is 44.4. The van der Waals surface area contributed by atoms with Gasteiger partial charge in [0.2, 0.25) is 0 Å². The summed E-state index contributed by atoms with van der Waals surface area (Å²) in [4.78, 5) is 12.1. The second-order valence-electron chi connectivity index (χ2n) is 6.09. The maximum atomic E-state index is 12.9. The standard InChI is InChI=1S/C21H17F3N2O2/c1-14(28-18-11-10-15-6-2-3-7-16(15)12-18)20(27)26-25-13-17-8-4-5-9-19(17)21(22,23)24/h2-14H,1H3,(H,26,27)/b25-13-/t14-/m1/s1. The number of hydrogen-bond donors (Lipinski definition) is 1. The molecule has 3 aromatic rings. The summed E-state index contributed by atoms with van der Waals surface area (Å²) in [6, 6.07) is 18.1. The molecular weight excluding hydrogens is 369 g/mol. The zero-order valence-corrected chi connectivity index (χ0v) is 14.9. The van der Waals surface area contributed by atoms with Crippen molar-refractivity contribution in [2.24, 2.45) is 5.10 Å². The van der Waals surface area contributed by atoms with Crippen LogP contribution in [0.15, 0.2) is 71.8 Å². The van der Waals surface area contributed by atoms with Crippen LogP contribution in [0, 0.1) is 0 Å². The fourth-order valence-electron chi connectivity index (χ4n) is 2.62. The van der Waals surface area contributed by atoms with Crippen molar-refractivity contribution in [3.05, 3.63) is 77.9 Å². The van der Waals surface area contributed by atoms with Gasteiger partial charge in [0.25, 0.3) is 5.91 Å². The third kappa shape index (κ3) is 4.68. The van der Waals surface area contributed by atoms with E-state index in [1.807, 2.05) is 36.4 Å². The first kappa shape index (κ1) is 19.4. The third-order valence-electron chi connectivity index (χ3n) is 4.05. The highest BCUT2D eigenvalue weighted by Crippen LogP contribution is 2.31. The van der Waals surface area contributed by atoms with E-state index in [-0.39, 0.29) is 5.56 Å². The lowest BCUT2D eigenvalue weighted by Crippen LogP contribution is -2.33. The van der Waals surface area contributed by atoms with Gasteiger partial charge in [-0.1, -0.05) is 48.5 Å². The summed E-state index contributed by atoms with van der Waals surface area (Å²) in [6.45, 7) is 1.53. The molecule has 1 atom stereocenters. The number of halogens is 3. The Labute approximate surface area is 159 Å². The number of alkyl halides is 3. The molecule has 0 radical (unpaired) electrons. The SMILES string of the molecule is C[C@@H](Oc1ccc2ccccc2c1)C(=O)N/N=C\c1ccccc1C(F)(F)F. The Hall–Kier alpha value is -3.35. The van der Waals surface area contributed by atoms with E-state index in [9.17, 15) is 18.0 Å². The molecule has 0 spiro atoms. The summed E-state index contributed by atoms with van der Waals surface area (Å²) in [5, 5.41) is 5.63. The van der Waals surface area contributed by atoms with Crippen LogP contribution in [0.25, 0.3) is 10.8 Å². The second kappa shape index (κ2) is 8.12. The summed E-state index contributed by atoms with van der Waals surface area (Å²) in [7, 11) is 0. The fraction of sp³-hybridized carbons (Fsp3) is 0.143. The summed E-state index contributed by atoms with van der Waals surface area (Å²) in [5.41, 5.74) is 1.24. The smallest absolute Gasteiger partial charge is 0.417 e. The van der Waals surface area contributed by atoms with E-state index in [1.165, 1.54) is 25.1 Å². The first-order chi connectivity index (χ1) is 13.3. The molecule has 0 aliphatic carbocycles. The normalized spacial score (nSPS) is 12.9. The number of amides is 1. The largest absolute Gasteiger partial charge is 0.481 e. The molecule has 1 N–H and O–H groups in total. The minimum atomic E-state index is -4.50. The molecule has 0 fully saturated rings. The average Bonchev–Trinajstić information content (AvgIpc) is 2.67. The van der Waals surface area contributed by atoms with Crippen LogP contribution in [-0.4, -0.2) is 18.2 Å². The molecule has 3 aromatic carbocycles. The highest BCUT2D eigenvalue weighted by molar-refractivity contribution is 5.86. The van der Waals surface area contributed by atoms with Crippen LogP contribution in [0.1, 0.15) is 18.1 Å². The lowest BCUT2D eigenvalue weighted by atomic mass is 10.1. The summed E-state index contributed by atoms with van der Waals surface area (Å²) in [5.74, 6) is -0.0679. The van der Waals surface area contributed by atoms with Crippen molar-refractivity contribution in [3.8, 4) is 5.75 Å². The van der Waals surface area contributed by atoms with Crippen molar-refractivity contribution in [3.63, 3.8) is 0 Å². The number of nitrogens with zero attached hydrogens (tertiary/aromatic N) is 1. The number of nitrogens with one attached hydrogen (secondary N) is 1. The number of hydrogen-bond acceptors (Lipinski definition) is 3. The quantitative estimate of drug-likeness (QED) is 0.507. The van der Waals surface area contributed by atoms with Gasteiger partial charge in [0.1, 0.15) is 5.75 Å².